The van der Waals surface area contributed by atoms with Crippen molar-refractivity contribution in [3.8, 4) is 0 Å². The molecule has 7 nitrogen and oxygen atoms in total. The van der Waals surface area contributed by atoms with Crippen LogP contribution in [0.1, 0.15) is 20.8 Å². The lowest BCUT2D eigenvalue weighted by atomic mass is 10.2. The maximum absolute atomic E-state index is 12.5. The highest BCUT2D eigenvalue weighted by atomic mass is 79.9. The Hall–Kier alpha value is -1.90. The third kappa shape index (κ3) is 3.45. The summed E-state index contributed by atoms with van der Waals surface area (Å²) in [5.41, 5.74) is 0.549. The van der Waals surface area contributed by atoms with Crippen LogP contribution in [0.4, 0.5) is 5.82 Å². The zero-order valence-electron chi connectivity index (χ0n) is 12.5. The predicted octanol–water partition coefficient (Wildman–Crippen LogP) is 2.55. The van der Waals surface area contributed by atoms with Crippen molar-refractivity contribution in [1.29, 1.82) is 0 Å². The molecule has 1 aliphatic heterocycles. The van der Waals surface area contributed by atoms with E-state index in [1.54, 1.807) is 29.2 Å². The number of ether oxygens (including phenoxy) is 1. The summed E-state index contributed by atoms with van der Waals surface area (Å²) in [4.78, 5) is 26.4. The average Bonchev–Trinajstić information content (AvgIpc) is 2.96. The van der Waals surface area contributed by atoms with E-state index in [0.29, 0.717) is 47.2 Å². The number of rotatable bonds is 3. The summed E-state index contributed by atoms with van der Waals surface area (Å²) in [5.74, 6) is -0.313. The van der Waals surface area contributed by atoms with Gasteiger partial charge in [0.25, 0.3) is 11.8 Å². The molecule has 1 fully saturated rings. The van der Waals surface area contributed by atoms with Crippen LogP contribution in [-0.4, -0.2) is 53.2 Å². The number of carbonyl (C=O) groups excluding carboxylic acids is 2. The Morgan fingerprint density at radius 2 is 2.00 bits per heavy atom. The van der Waals surface area contributed by atoms with Gasteiger partial charge in [-0.3, -0.25) is 14.7 Å². The Kier molecular flexibility index (Phi) is 5.17. The number of aromatic nitrogens is 2. The summed E-state index contributed by atoms with van der Waals surface area (Å²) < 4.78 is 5.63. The van der Waals surface area contributed by atoms with Gasteiger partial charge in [-0.25, -0.2) is 0 Å². The molecular formula is C15H14BrClN4O3. The lowest BCUT2D eigenvalue weighted by molar-refractivity contribution is 0.0298. The second-order valence-corrected chi connectivity index (χ2v) is 6.30. The molecule has 2 N–H and O–H groups in total. The molecular weight excluding hydrogens is 400 g/mol. The summed E-state index contributed by atoms with van der Waals surface area (Å²) in [5, 5.41) is 9.68. The highest BCUT2D eigenvalue weighted by Gasteiger charge is 2.25. The van der Waals surface area contributed by atoms with Gasteiger partial charge in [0, 0.05) is 13.1 Å². The topological polar surface area (TPSA) is 87.3 Å². The molecule has 1 aliphatic rings. The molecule has 0 spiro atoms. The first-order valence-electron chi connectivity index (χ1n) is 7.24. The number of nitrogens with one attached hydrogen (secondary N) is 2. The Balaban J connectivity index is 1.76. The molecule has 1 aromatic carbocycles. The smallest absolute Gasteiger partial charge is 0.275 e. The number of halogens is 2. The van der Waals surface area contributed by atoms with Crippen molar-refractivity contribution >= 4 is 45.2 Å². The lowest BCUT2D eigenvalue weighted by Gasteiger charge is -2.26. The minimum atomic E-state index is -0.393. The summed E-state index contributed by atoms with van der Waals surface area (Å²) in [6.45, 7) is 2.03. The molecule has 0 saturated carbocycles. The Morgan fingerprint density at radius 1 is 1.29 bits per heavy atom. The fraction of sp³-hybridized carbons (Fsp3) is 0.267. The number of benzene rings is 1. The molecule has 2 amide bonds. The SMILES string of the molecule is O=C(Nc1[nH]nc(C(=O)N2CCOCC2)c1Br)c1ccccc1Cl. The summed E-state index contributed by atoms with van der Waals surface area (Å²) in [6, 6.07) is 6.70. The molecule has 9 heteroatoms. The van der Waals surface area contributed by atoms with Crippen LogP contribution in [0.2, 0.25) is 5.02 Å². The first-order chi connectivity index (χ1) is 11.6. The lowest BCUT2D eigenvalue weighted by Crippen LogP contribution is -2.41. The highest BCUT2D eigenvalue weighted by Crippen LogP contribution is 2.26. The van der Waals surface area contributed by atoms with E-state index in [2.05, 4.69) is 31.4 Å². The number of nitrogens with zero attached hydrogens (tertiary/aromatic N) is 2. The average molecular weight is 414 g/mol. The van der Waals surface area contributed by atoms with Gasteiger partial charge in [-0.1, -0.05) is 23.7 Å². The summed E-state index contributed by atoms with van der Waals surface area (Å²) >= 11 is 9.33. The number of hydrogen-bond acceptors (Lipinski definition) is 4. The van der Waals surface area contributed by atoms with Gasteiger partial charge >= 0.3 is 0 Å². The van der Waals surface area contributed by atoms with Gasteiger partial charge in [0.2, 0.25) is 0 Å². The number of hydrogen-bond donors (Lipinski definition) is 2. The van der Waals surface area contributed by atoms with E-state index in [0.717, 1.165) is 0 Å². The van der Waals surface area contributed by atoms with E-state index in [1.807, 2.05) is 0 Å². The first-order valence-corrected chi connectivity index (χ1v) is 8.42. The third-order valence-corrected chi connectivity index (χ3v) is 4.67. The van der Waals surface area contributed by atoms with E-state index >= 15 is 0 Å². The minimum absolute atomic E-state index is 0.214. The van der Waals surface area contributed by atoms with Crippen molar-refractivity contribution in [2.24, 2.45) is 0 Å². The number of anilines is 1. The molecule has 0 radical (unpaired) electrons. The van der Waals surface area contributed by atoms with Crippen LogP contribution < -0.4 is 5.32 Å². The van der Waals surface area contributed by atoms with E-state index in [1.165, 1.54) is 0 Å². The molecule has 2 aromatic rings. The van der Waals surface area contributed by atoms with Crippen molar-refractivity contribution in [3.05, 3.63) is 45.0 Å². The van der Waals surface area contributed by atoms with Gasteiger partial charge in [0.1, 0.15) is 5.82 Å². The molecule has 0 aliphatic carbocycles. The standard InChI is InChI=1S/C15H14BrClN4O3/c16-11-12(15(23)21-5-7-24-8-6-21)19-20-13(11)18-14(22)9-3-1-2-4-10(9)17/h1-4H,5-8H2,(H2,18,19,20,22). The van der Waals surface area contributed by atoms with Crippen molar-refractivity contribution in [1.82, 2.24) is 15.1 Å². The zero-order chi connectivity index (χ0) is 17.1. The largest absolute Gasteiger partial charge is 0.378 e. The number of H-pyrrole nitrogens is 1. The third-order valence-electron chi connectivity index (χ3n) is 3.56. The number of morpholine rings is 1. The molecule has 0 atom stereocenters. The predicted molar refractivity (Wildman–Crippen MR) is 92.4 cm³/mol. The maximum Gasteiger partial charge on any atom is 0.275 e. The molecule has 3 rings (SSSR count). The van der Waals surface area contributed by atoms with E-state index in [-0.39, 0.29) is 11.6 Å². The molecule has 0 bridgehead atoms. The first kappa shape index (κ1) is 16.9. The van der Waals surface area contributed by atoms with Crippen molar-refractivity contribution in [2.75, 3.05) is 31.6 Å². The molecule has 2 heterocycles. The van der Waals surface area contributed by atoms with Crippen LogP contribution in [0.5, 0.6) is 0 Å². The van der Waals surface area contributed by atoms with Gasteiger partial charge in [0.05, 0.1) is 28.3 Å². The van der Waals surface area contributed by atoms with E-state index < -0.39 is 5.91 Å². The van der Waals surface area contributed by atoms with Crippen LogP contribution in [-0.2, 0) is 4.74 Å². The maximum atomic E-state index is 12.5. The second kappa shape index (κ2) is 7.33. The minimum Gasteiger partial charge on any atom is -0.378 e. The van der Waals surface area contributed by atoms with Gasteiger partial charge in [-0.15, -0.1) is 0 Å². The van der Waals surface area contributed by atoms with E-state index in [4.69, 9.17) is 16.3 Å². The second-order valence-electron chi connectivity index (χ2n) is 5.10. The van der Waals surface area contributed by atoms with Crippen LogP contribution in [0, 0.1) is 0 Å². The van der Waals surface area contributed by atoms with Crippen LogP contribution >= 0.6 is 27.5 Å². The molecule has 1 aromatic heterocycles. The van der Waals surface area contributed by atoms with Crippen molar-refractivity contribution in [2.45, 2.75) is 0 Å². The quantitative estimate of drug-likeness (QED) is 0.809. The molecule has 126 valence electrons. The molecule has 24 heavy (non-hydrogen) atoms. The van der Waals surface area contributed by atoms with E-state index in [9.17, 15) is 9.59 Å². The zero-order valence-corrected chi connectivity index (χ0v) is 14.9. The monoisotopic (exact) mass is 412 g/mol. The van der Waals surface area contributed by atoms with Crippen LogP contribution in [0.15, 0.2) is 28.7 Å². The van der Waals surface area contributed by atoms with Gasteiger partial charge in [-0.05, 0) is 28.1 Å². The van der Waals surface area contributed by atoms with Gasteiger partial charge in [0.15, 0.2) is 5.69 Å². The van der Waals surface area contributed by atoms with Crippen LogP contribution in [0.3, 0.4) is 0 Å². The summed E-state index contributed by atoms with van der Waals surface area (Å²) in [7, 11) is 0. The molecule has 0 unspecified atom stereocenters. The number of amides is 2. The van der Waals surface area contributed by atoms with Gasteiger partial charge < -0.3 is 15.0 Å². The Morgan fingerprint density at radius 3 is 2.71 bits per heavy atom. The molecule has 1 saturated heterocycles. The normalized spacial score (nSPS) is 14.5. The number of carbonyl (C=O) groups is 2. The van der Waals surface area contributed by atoms with Crippen molar-refractivity contribution in [3.63, 3.8) is 0 Å². The van der Waals surface area contributed by atoms with Gasteiger partial charge in [-0.2, -0.15) is 5.10 Å². The Labute approximate surface area is 151 Å². The van der Waals surface area contributed by atoms with Crippen molar-refractivity contribution < 1.29 is 14.3 Å². The van der Waals surface area contributed by atoms with Crippen LogP contribution in [0.25, 0.3) is 0 Å². The number of aromatic amines is 1. The fourth-order valence-electron chi connectivity index (χ4n) is 2.30. The fourth-order valence-corrected chi connectivity index (χ4v) is 2.96. The highest BCUT2D eigenvalue weighted by molar-refractivity contribution is 9.10. The Bertz CT molecular complexity index is 774. The summed E-state index contributed by atoms with van der Waals surface area (Å²) in [6.07, 6.45) is 0.